The first kappa shape index (κ1) is 12.0. The standard InChI is InChI=1S/C13H13N3O2/c1-10-3-5-11(6-4-10)7-15-18-13(17)12-8-16(2)9-14-12/h3-9H,1-2H3. The van der Waals surface area contributed by atoms with Gasteiger partial charge in [-0.3, -0.25) is 0 Å². The molecule has 0 atom stereocenters. The fourth-order valence-electron chi connectivity index (χ4n) is 1.35. The summed E-state index contributed by atoms with van der Waals surface area (Å²) in [6, 6.07) is 7.71. The Bertz CT molecular complexity index is 570. The Kier molecular flexibility index (Phi) is 3.52. The van der Waals surface area contributed by atoms with Gasteiger partial charge >= 0.3 is 5.97 Å². The summed E-state index contributed by atoms with van der Waals surface area (Å²) < 4.78 is 1.67. The Balaban J connectivity index is 1.95. The summed E-state index contributed by atoms with van der Waals surface area (Å²) in [6.45, 7) is 2.00. The lowest BCUT2D eigenvalue weighted by molar-refractivity contribution is 0.0513. The van der Waals surface area contributed by atoms with Crippen LogP contribution in [0.15, 0.2) is 41.9 Å². The molecule has 2 rings (SSSR count). The molecule has 0 aliphatic rings. The van der Waals surface area contributed by atoms with E-state index in [1.54, 1.807) is 17.8 Å². The molecule has 0 fully saturated rings. The topological polar surface area (TPSA) is 56.5 Å². The molecule has 0 saturated heterocycles. The van der Waals surface area contributed by atoms with E-state index in [1.165, 1.54) is 12.5 Å². The number of hydrogen-bond acceptors (Lipinski definition) is 4. The zero-order valence-electron chi connectivity index (χ0n) is 10.2. The van der Waals surface area contributed by atoms with Gasteiger partial charge in [0.1, 0.15) is 0 Å². The Hall–Kier alpha value is -2.43. The van der Waals surface area contributed by atoms with Gasteiger partial charge in [-0.1, -0.05) is 35.0 Å². The number of rotatable bonds is 3. The monoisotopic (exact) mass is 243 g/mol. The summed E-state index contributed by atoms with van der Waals surface area (Å²) in [7, 11) is 1.78. The molecule has 0 radical (unpaired) electrons. The molecule has 1 heterocycles. The van der Waals surface area contributed by atoms with E-state index in [0.717, 1.165) is 11.1 Å². The lowest BCUT2D eigenvalue weighted by Gasteiger charge is -1.95. The number of carbonyl (C=O) groups is 1. The number of carbonyl (C=O) groups excluding carboxylic acids is 1. The van der Waals surface area contributed by atoms with Crippen LogP contribution in [0.5, 0.6) is 0 Å². The maximum Gasteiger partial charge on any atom is 0.385 e. The van der Waals surface area contributed by atoms with Gasteiger partial charge in [-0.05, 0) is 12.5 Å². The molecule has 2 aromatic rings. The van der Waals surface area contributed by atoms with Crippen molar-refractivity contribution in [2.24, 2.45) is 12.2 Å². The highest BCUT2D eigenvalue weighted by molar-refractivity contribution is 5.87. The first-order chi connectivity index (χ1) is 8.65. The zero-order valence-corrected chi connectivity index (χ0v) is 10.2. The summed E-state index contributed by atoms with van der Waals surface area (Å²) in [6.07, 6.45) is 4.59. The van der Waals surface area contributed by atoms with E-state index in [0.29, 0.717) is 0 Å². The normalized spacial score (nSPS) is 10.8. The van der Waals surface area contributed by atoms with Crippen LogP contribution in [0, 0.1) is 6.92 Å². The lowest BCUT2D eigenvalue weighted by Crippen LogP contribution is -2.01. The van der Waals surface area contributed by atoms with Crippen molar-refractivity contribution in [2.45, 2.75) is 6.92 Å². The number of benzene rings is 1. The third-order valence-corrected chi connectivity index (χ3v) is 2.33. The Labute approximate surface area is 105 Å². The average molecular weight is 243 g/mol. The van der Waals surface area contributed by atoms with E-state index in [2.05, 4.69) is 10.1 Å². The Morgan fingerprint density at radius 2 is 2.11 bits per heavy atom. The molecule has 0 unspecified atom stereocenters. The summed E-state index contributed by atoms with van der Waals surface area (Å²) >= 11 is 0. The van der Waals surface area contributed by atoms with Crippen molar-refractivity contribution in [3.63, 3.8) is 0 Å². The maximum atomic E-state index is 11.5. The van der Waals surface area contributed by atoms with Crippen molar-refractivity contribution < 1.29 is 9.63 Å². The number of oxime groups is 1. The molecule has 5 heteroatoms. The predicted molar refractivity (Wildman–Crippen MR) is 67.4 cm³/mol. The average Bonchev–Trinajstić information content (AvgIpc) is 2.78. The van der Waals surface area contributed by atoms with Crippen molar-refractivity contribution >= 4 is 12.2 Å². The largest absolute Gasteiger partial charge is 0.385 e. The van der Waals surface area contributed by atoms with Crippen LogP contribution < -0.4 is 0 Å². The number of imidazole rings is 1. The summed E-state index contributed by atoms with van der Waals surface area (Å²) in [5.41, 5.74) is 2.27. The first-order valence-electron chi connectivity index (χ1n) is 5.44. The van der Waals surface area contributed by atoms with Gasteiger partial charge in [0.05, 0.1) is 12.5 Å². The lowest BCUT2D eigenvalue weighted by atomic mass is 10.2. The third kappa shape index (κ3) is 3.04. The van der Waals surface area contributed by atoms with Crippen LogP contribution in [0.25, 0.3) is 0 Å². The molecule has 0 spiro atoms. The molecule has 1 aromatic carbocycles. The third-order valence-electron chi connectivity index (χ3n) is 2.33. The first-order valence-corrected chi connectivity index (χ1v) is 5.44. The molecule has 92 valence electrons. The molecule has 0 N–H and O–H groups in total. The molecule has 0 aliphatic heterocycles. The number of hydrogen-bond donors (Lipinski definition) is 0. The van der Waals surface area contributed by atoms with Gasteiger partial charge in [-0.2, -0.15) is 0 Å². The van der Waals surface area contributed by atoms with Crippen molar-refractivity contribution in [3.05, 3.63) is 53.6 Å². The summed E-state index contributed by atoms with van der Waals surface area (Å²) in [5.74, 6) is -0.570. The molecular weight excluding hydrogens is 230 g/mol. The van der Waals surface area contributed by atoms with Gasteiger partial charge in [0, 0.05) is 13.2 Å². The van der Waals surface area contributed by atoms with E-state index in [9.17, 15) is 4.79 Å². The summed E-state index contributed by atoms with van der Waals surface area (Å²) in [5, 5.41) is 3.63. The van der Waals surface area contributed by atoms with Crippen LogP contribution in [0.4, 0.5) is 0 Å². The van der Waals surface area contributed by atoms with E-state index in [1.807, 2.05) is 31.2 Å². The van der Waals surface area contributed by atoms with Gasteiger partial charge < -0.3 is 9.40 Å². The Morgan fingerprint density at radius 1 is 1.39 bits per heavy atom. The number of aromatic nitrogens is 2. The highest BCUT2D eigenvalue weighted by atomic mass is 16.7. The molecule has 0 saturated carbocycles. The highest BCUT2D eigenvalue weighted by Gasteiger charge is 2.09. The van der Waals surface area contributed by atoms with Gasteiger partial charge in [0.15, 0.2) is 5.69 Å². The molecule has 18 heavy (non-hydrogen) atoms. The minimum atomic E-state index is -0.570. The quantitative estimate of drug-likeness (QED) is 0.470. The second-order valence-corrected chi connectivity index (χ2v) is 3.95. The predicted octanol–water partition coefficient (Wildman–Crippen LogP) is 1.92. The molecule has 5 nitrogen and oxygen atoms in total. The van der Waals surface area contributed by atoms with E-state index in [4.69, 9.17) is 4.84 Å². The summed E-state index contributed by atoms with van der Waals surface area (Å²) in [4.78, 5) is 20.1. The molecule has 0 amide bonds. The smallest absolute Gasteiger partial charge is 0.340 e. The minimum Gasteiger partial charge on any atom is -0.340 e. The van der Waals surface area contributed by atoms with Crippen molar-refractivity contribution in [3.8, 4) is 0 Å². The van der Waals surface area contributed by atoms with Crippen molar-refractivity contribution in [1.29, 1.82) is 0 Å². The van der Waals surface area contributed by atoms with Crippen molar-refractivity contribution in [2.75, 3.05) is 0 Å². The van der Waals surface area contributed by atoms with Crippen LogP contribution >= 0.6 is 0 Å². The van der Waals surface area contributed by atoms with Gasteiger partial charge in [0.2, 0.25) is 0 Å². The van der Waals surface area contributed by atoms with Gasteiger partial charge in [-0.15, -0.1) is 0 Å². The minimum absolute atomic E-state index is 0.235. The van der Waals surface area contributed by atoms with E-state index < -0.39 is 5.97 Å². The highest BCUT2D eigenvalue weighted by Crippen LogP contribution is 2.01. The van der Waals surface area contributed by atoms with Crippen LogP contribution in [0.1, 0.15) is 21.6 Å². The Morgan fingerprint density at radius 3 is 2.72 bits per heavy atom. The number of aryl methyl sites for hydroxylation is 2. The maximum absolute atomic E-state index is 11.5. The van der Waals surface area contributed by atoms with Gasteiger partial charge in [-0.25, -0.2) is 9.78 Å². The molecule has 0 bridgehead atoms. The fourth-order valence-corrected chi connectivity index (χ4v) is 1.35. The molecule has 1 aromatic heterocycles. The van der Waals surface area contributed by atoms with Crippen molar-refractivity contribution in [1.82, 2.24) is 9.55 Å². The number of nitrogens with zero attached hydrogens (tertiary/aromatic N) is 3. The van der Waals surface area contributed by atoms with Crippen LogP contribution in [0.2, 0.25) is 0 Å². The van der Waals surface area contributed by atoms with E-state index in [-0.39, 0.29) is 5.69 Å². The molecular formula is C13H13N3O2. The zero-order chi connectivity index (χ0) is 13.0. The second kappa shape index (κ2) is 5.27. The molecule has 0 aliphatic carbocycles. The fraction of sp³-hybridized carbons (Fsp3) is 0.154. The SMILES string of the molecule is Cc1ccc(C=NOC(=O)c2cn(C)cn2)cc1. The van der Waals surface area contributed by atoms with Crippen LogP contribution in [-0.4, -0.2) is 21.7 Å². The van der Waals surface area contributed by atoms with Gasteiger partial charge in [0.25, 0.3) is 0 Å². The van der Waals surface area contributed by atoms with Crippen LogP contribution in [0.3, 0.4) is 0 Å². The van der Waals surface area contributed by atoms with Crippen LogP contribution in [-0.2, 0) is 11.9 Å². The van der Waals surface area contributed by atoms with E-state index >= 15 is 0 Å². The second-order valence-electron chi connectivity index (χ2n) is 3.95.